The molecule has 1 aromatic heterocycles. The summed E-state index contributed by atoms with van der Waals surface area (Å²) < 4.78 is 33.0. The average Bonchev–Trinajstić information content (AvgIpc) is 2.43. The Morgan fingerprint density at radius 3 is 2.71 bits per heavy atom. The number of rotatable bonds is 5. The third kappa shape index (κ3) is 3.82. The van der Waals surface area contributed by atoms with E-state index in [1.54, 1.807) is 13.0 Å². The minimum atomic E-state index is -3.87. The first-order chi connectivity index (χ1) is 9.92. The summed E-state index contributed by atoms with van der Waals surface area (Å²) in [7, 11) is -3.87. The van der Waals surface area contributed by atoms with Gasteiger partial charge in [0.1, 0.15) is 15.2 Å². The van der Waals surface area contributed by atoms with E-state index in [1.165, 1.54) is 24.5 Å². The van der Waals surface area contributed by atoms with Gasteiger partial charge in [-0.05, 0) is 41.1 Å². The zero-order valence-electron chi connectivity index (χ0n) is 11.1. The van der Waals surface area contributed by atoms with Crippen molar-refractivity contribution >= 4 is 37.5 Å². The van der Waals surface area contributed by atoms with Crippen LogP contribution in [0.4, 0.5) is 11.5 Å². The maximum absolute atomic E-state index is 12.4. The monoisotopic (exact) mass is 372 g/mol. The van der Waals surface area contributed by atoms with Crippen molar-refractivity contribution in [3.8, 4) is 5.75 Å². The lowest BCUT2D eigenvalue weighted by Gasteiger charge is -2.12. The topological polar surface area (TPSA) is 107 Å². The van der Waals surface area contributed by atoms with Crippen molar-refractivity contribution in [3.63, 3.8) is 0 Å². The van der Waals surface area contributed by atoms with Gasteiger partial charge in [0, 0.05) is 5.69 Å². The van der Waals surface area contributed by atoms with Crippen LogP contribution in [0.1, 0.15) is 6.92 Å². The van der Waals surface area contributed by atoms with E-state index in [-0.39, 0.29) is 16.5 Å². The van der Waals surface area contributed by atoms with Gasteiger partial charge in [0.05, 0.1) is 19.0 Å². The summed E-state index contributed by atoms with van der Waals surface area (Å²) in [6.45, 7) is 2.10. The molecule has 0 aliphatic heterocycles. The van der Waals surface area contributed by atoms with E-state index in [2.05, 4.69) is 30.6 Å². The minimum Gasteiger partial charge on any atom is -0.492 e. The highest BCUT2D eigenvalue weighted by Crippen LogP contribution is 2.27. The summed E-state index contributed by atoms with van der Waals surface area (Å²) in [5.41, 5.74) is 5.97. The first kappa shape index (κ1) is 15.5. The summed E-state index contributed by atoms with van der Waals surface area (Å²) in [4.78, 5) is 7.77. The molecular formula is C12H13BrN4O3S. The van der Waals surface area contributed by atoms with E-state index in [4.69, 9.17) is 10.5 Å². The van der Waals surface area contributed by atoms with Crippen molar-refractivity contribution in [3.05, 3.63) is 35.2 Å². The average molecular weight is 373 g/mol. The Balaban J connectivity index is 2.39. The number of benzene rings is 1. The third-order valence-corrected chi connectivity index (χ3v) is 4.20. The molecule has 0 spiro atoms. The first-order valence-corrected chi connectivity index (χ1v) is 8.22. The Morgan fingerprint density at radius 2 is 2.10 bits per heavy atom. The minimum absolute atomic E-state index is 0.0472. The molecule has 9 heteroatoms. The van der Waals surface area contributed by atoms with E-state index in [0.717, 1.165) is 0 Å². The van der Waals surface area contributed by atoms with Crippen LogP contribution in [0.2, 0.25) is 0 Å². The zero-order chi connectivity index (χ0) is 15.5. The number of nitrogen functional groups attached to an aromatic ring is 1. The van der Waals surface area contributed by atoms with Crippen LogP contribution in [0.5, 0.6) is 5.75 Å². The molecule has 0 amide bonds. The third-order valence-electron chi connectivity index (χ3n) is 2.42. The van der Waals surface area contributed by atoms with Crippen LogP contribution in [0, 0.1) is 0 Å². The van der Waals surface area contributed by atoms with Crippen LogP contribution in [0.15, 0.2) is 40.1 Å². The van der Waals surface area contributed by atoms with Gasteiger partial charge in [0.2, 0.25) is 0 Å². The Labute approximate surface area is 130 Å². The molecule has 0 saturated heterocycles. The van der Waals surface area contributed by atoms with Gasteiger partial charge >= 0.3 is 0 Å². The first-order valence-electron chi connectivity index (χ1n) is 5.95. The van der Waals surface area contributed by atoms with Gasteiger partial charge in [-0.1, -0.05) is 0 Å². The number of nitrogens with two attached hydrogens (primary N) is 1. The summed E-state index contributed by atoms with van der Waals surface area (Å²) >= 11 is 3.12. The van der Waals surface area contributed by atoms with E-state index in [1.807, 2.05) is 0 Å². The second kappa shape index (κ2) is 6.27. The Hall–Kier alpha value is -1.87. The van der Waals surface area contributed by atoms with Crippen molar-refractivity contribution in [2.24, 2.45) is 0 Å². The van der Waals surface area contributed by atoms with Gasteiger partial charge in [-0.2, -0.15) is 0 Å². The fourth-order valence-electron chi connectivity index (χ4n) is 1.57. The number of sulfonamides is 1. The fraction of sp³-hybridized carbons (Fsp3) is 0.167. The van der Waals surface area contributed by atoms with Gasteiger partial charge in [-0.3, -0.25) is 4.72 Å². The molecule has 3 N–H and O–H groups in total. The second-order valence-electron chi connectivity index (χ2n) is 3.97. The Bertz CT molecular complexity index is 735. The van der Waals surface area contributed by atoms with Crippen LogP contribution >= 0.6 is 15.9 Å². The van der Waals surface area contributed by atoms with Crippen molar-refractivity contribution in [2.45, 2.75) is 11.8 Å². The van der Waals surface area contributed by atoms with Crippen LogP contribution in [-0.4, -0.2) is 25.0 Å². The number of hydrogen-bond donors (Lipinski definition) is 2. The molecule has 21 heavy (non-hydrogen) atoms. The quantitative estimate of drug-likeness (QED) is 0.777. The van der Waals surface area contributed by atoms with Gasteiger partial charge in [0.25, 0.3) is 10.0 Å². The van der Waals surface area contributed by atoms with E-state index >= 15 is 0 Å². The molecule has 1 aromatic carbocycles. The lowest BCUT2D eigenvalue weighted by atomic mass is 10.3. The number of nitrogens with one attached hydrogen (secondary N) is 1. The van der Waals surface area contributed by atoms with E-state index < -0.39 is 10.0 Å². The van der Waals surface area contributed by atoms with Gasteiger partial charge in [-0.25, -0.2) is 18.4 Å². The number of nitrogens with zero attached hydrogens (tertiary/aromatic N) is 2. The second-order valence-corrected chi connectivity index (χ2v) is 6.43. The number of halogens is 1. The number of anilines is 2. The molecule has 0 bridgehead atoms. The molecule has 0 aliphatic carbocycles. The highest BCUT2D eigenvalue weighted by atomic mass is 79.9. The van der Waals surface area contributed by atoms with E-state index in [0.29, 0.717) is 16.9 Å². The standard InChI is InChI=1S/C12H13BrN4O3S/c1-2-20-9-4-3-8(14)5-10(9)21(18,19)17-12-7-15-11(13)6-16-12/h3-7H,2,14H2,1H3,(H,16,17). The van der Waals surface area contributed by atoms with E-state index in [9.17, 15) is 8.42 Å². The van der Waals surface area contributed by atoms with Gasteiger partial charge in [0.15, 0.2) is 5.82 Å². The van der Waals surface area contributed by atoms with Crippen molar-refractivity contribution in [1.82, 2.24) is 9.97 Å². The lowest BCUT2D eigenvalue weighted by molar-refractivity contribution is 0.331. The highest BCUT2D eigenvalue weighted by Gasteiger charge is 2.21. The molecule has 1 heterocycles. The molecular weight excluding hydrogens is 360 g/mol. The molecule has 0 radical (unpaired) electrons. The number of hydrogen-bond acceptors (Lipinski definition) is 6. The highest BCUT2D eigenvalue weighted by molar-refractivity contribution is 9.10. The predicted octanol–water partition coefficient (Wildman–Crippen LogP) is 2.02. The van der Waals surface area contributed by atoms with Crippen molar-refractivity contribution < 1.29 is 13.2 Å². The molecule has 7 nitrogen and oxygen atoms in total. The van der Waals surface area contributed by atoms with Gasteiger partial charge < -0.3 is 10.5 Å². The lowest BCUT2D eigenvalue weighted by Crippen LogP contribution is -2.16. The molecule has 0 unspecified atom stereocenters. The van der Waals surface area contributed by atoms with Crippen molar-refractivity contribution in [1.29, 1.82) is 0 Å². The molecule has 0 aliphatic rings. The van der Waals surface area contributed by atoms with Crippen LogP contribution in [0.25, 0.3) is 0 Å². The van der Waals surface area contributed by atoms with Crippen molar-refractivity contribution in [2.75, 3.05) is 17.1 Å². The zero-order valence-corrected chi connectivity index (χ0v) is 13.5. The number of ether oxygens (including phenoxy) is 1. The van der Waals surface area contributed by atoms with Gasteiger partial charge in [-0.15, -0.1) is 0 Å². The SMILES string of the molecule is CCOc1ccc(N)cc1S(=O)(=O)Nc1cnc(Br)cn1. The predicted molar refractivity (Wildman–Crippen MR) is 82.6 cm³/mol. The molecule has 0 fully saturated rings. The normalized spacial score (nSPS) is 11.1. The maximum Gasteiger partial charge on any atom is 0.266 e. The molecule has 112 valence electrons. The summed E-state index contributed by atoms with van der Waals surface area (Å²) in [6, 6.07) is 4.42. The Kier molecular flexibility index (Phi) is 4.63. The molecule has 2 rings (SSSR count). The summed E-state index contributed by atoms with van der Waals surface area (Å²) in [5, 5.41) is 0. The smallest absolute Gasteiger partial charge is 0.266 e. The van der Waals surface area contributed by atoms with Crippen LogP contribution < -0.4 is 15.2 Å². The molecule has 2 aromatic rings. The van der Waals surface area contributed by atoms with Crippen LogP contribution in [0.3, 0.4) is 0 Å². The summed E-state index contributed by atoms with van der Waals surface area (Å²) in [5.74, 6) is 0.326. The van der Waals surface area contributed by atoms with Crippen LogP contribution in [-0.2, 0) is 10.0 Å². The molecule has 0 atom stereocenters. The Morgan fingerprint density at radius 1 is 1.33 bits per heavy atom. The largest absolute Gasteiger partial charge is 0.492 e. The fourth-order valence-corrected chi connectivity index (χ4v) is 2.95. The summed E-state index contributed by atoms with van der Waals surface area (Å²) in [6.07, 6.45) is 2.69. The maximum atomic E-state index is 12.4. The number of aromatic nitrogens is 2. The molecule has 0 saturated carbocycles.